The van der Waals surface area contributed by atoms with Crippen LogP contribution in [-0.4, -0.2) is 28.6 Å². The Morgan fingerprint density at radius 1 is 0.895 bits per heavy atom. The van der Waals surface area contributed by atoms with Crippen molar-refractivity contribution in [2.45, 2.75) is 39.7 Å². The van der Waals surface area contributed by atoms with Gasteiger partial charge in [-0.3, -0.25) is 0 Å². The lowest BCUT2D eigenvalue weighted by Crippen LogP contribution is -2.46. The number of aryl methyl sites for hydroxylation is 1. The van der Waals surface area contributed by atoms with Crippen LogP contribution in [0.25, 0.3) is 0 Å². The van der Waals surface area contributed by atoms with Crippen LogP contribution in [0.5, 0.6) is 0 Å². The molecule has 0 spiro atoms. The van der Waals surface area contributed by atoms with Crippen LogP contribution in [0.4, 0.5) is 0 Å². The second-order valence-electron chi connectivity index (χ2n) is 4.38. The zero-order chi connectivity index (χ0) is 14.0. The van der Waals surface area contributed by atoms with E-state index in [0.29, 0.717) is 19.8 Å². The van der Waals surface area contributed by atoms with Gasteiger partial charge in [-0.1, -0.05) is 37.3 Å². The molecule has 0 bridgehead atoms. The van der Waals surface area contributed by atoms with Crippen molar-refractivity contribution >= 4 is 8.80 Å². The SMILES string of the molecule is CCCO[Si](CCc1ccccc1)(OCC)OCC. The van der Waals surface area contributed by atoms with E-state index in [2.05, 4.69) is 31.2 Å². The summed E-state index contributed by atoms with van der Waals surface area (Å²) in [4.78, 5) is 0. The summed E-state index contributed by atoms with van der Waals surface area (Å²) in [6, 6.07) is 11.3. The van der Waals surface area contributed by atoms with Crippen LogP contribution in [-0.2, 0) is 19.7 Å². The molecule has 0 aromatic heterocycles. The minimum absolute atomic E-state index is 0.644. The van der Waals surface area contributed by atoms with Crippen molar-refractivity contribution in [2.24, 2.45) is 0 Å². The Labute approximate surface area is 118 Å². The molecule has 0 saturated carbocycles. The number of benzene rings is 1. The third-order valence-corrected chi connectivity index (χ3v) is 5.78. The molecule has 0 N–H and O–H groups in total. The van der Waals surface area contributed by atoms with Gasteiger partial charge in [0.15, 0.2) is 0 Å². The van der Waals surface area contributed by atoms with Gasteiger partial charge in [0.05, 0.1) is 0 Å². The largest absolute Gasteiger partial charge is 0.501 e. The van der Waals surface area contributed by atoms with Gasteiger partial charge in [0.2, 0.25) is 0 Å². The van der Waals surface area contributed by atoms with E-state index in [1.165, 1.54) is 5.56 Å². The Morgan fingerprint density at radius 3 is 2.05 bits per heavy atom. The molecule has 1 rings (SSSR count). The lowest BCUT2D eigenvalue weighted by molar-refractivity contribution is 0.0672. The van der Waals surface area contributed by atoms with Gasteiger partial charge < -0.3 is 13.3 Å². The first kappa shape index (κ1) is 16.4. The maximum atomic E-state index is 5.98. The van der Waals surface area contributed by atoms with Crippen molar-refractivity contribution in [3.63, 3.8) is 0 Å². The van der Waals surface area contributed by atoms with Crippen LogP contribution < -0.4 is 0 Å². The molecule has 3 nitrogen and oxygen atoms in total. The average molecular weight is 282 g/mol. The molecule has 0 saturated heterocycles. The molecule has 19 heavy (non-hydrogen) atoms. The standard InChI is InChI=1S/C15H26O3Si/c1-4-13-18-19(16-5-2,17-6-3)14-12-15-10-8-7-9-11-15/h7-11H,4-6,12-14H2,1-3H3. The molecule has 0 heterocycles. The van der Waals surface area contributed by atoms with E-state index in [1.54, 1.807) is 0 Å². The molecule has 0 fully saturated rings. The second-order valence-corrected chi connectivity index (χ2v) is 7.12. The highest BCUT2D eigenvalue weighted by Gasteiger charge is 2.39. The first-order chi connectivity index (χ1) is 9.26. The van der Waals surface area contributed by atoms with Crippen molar-refractivity contribution in [3.05, 3.63) is 35.9 Å². The van der Waals surface area contributed by atoms with Gasteiger partial charge in [-0.05, 0) is 32.3 Å². The summed E-state index contributed by atoms with van der Waals surface area (Å²) >= 11 is 0. The minimum Gasteiger partial charge on any atom is -0.374 e. The lowest BCUT2D eigenvalue weighted by atomic mass is 10.2. The van der Waals surface area contributed by atoms with E-state index in [1.807, 2.05) is 19.9 Å². The summed E-state index contributed by atoms with van der Waals surface area (Å²) < 4.78 is 17.8. The Bertz CT molecular complexity index is 323. The summed E-state index contributed by atoms with van der Waals surface area (Å²) in [5, 5.41) is 0. The zero-order valence-corrected chi connectivity index (χ0v) is 13.4. The molecule has 4 heteroatoms. The van der Waals surface area contributed by atoms with Crippen LogP contribution >= 0.6 is 0 Å². The molecule has 1 aromatic carbocycles. The van der Waals surface area contributed by atoms with Gasteiger partial charge in [0.25, 0.3) is 0 Å². The van der Waals surface area contributed by atoms with Crippen LogP contribution in [0.2, 0.25) is 6.04 Å². The quantitative estimate of drug-likeness (QED) is 0.613. The topological polar surface area (TPSA) is 27.7 Å². The molecular formula is C15H26O3Si. The molecule has 0 atom stereocenters. The van der Waals surface area contributed by atoms with E-state index in [-0.39, 0.29) is 0 Å². The van der Waals surface area contributed by atoms with Crippen molar-refractivity contribution in [2.75, 3.05) is 19.8 Å². The van der Waals surface area contributed by atoms with E-state index < -0.39 is 8.80 Å². The Balaban J connectivity index is 2.65. The second kappa shape index (κ2) is 9.26. The van der Waals surface area contributed by atoms with Gasteiger partial charge in [0.1, 0.15) is 0 Å². The molecule has 1 aromatic rings. The molecule has 108 valence electrons. The van der Waals surface area contributed by atoms with E-state index in [0.717, 1.165) is 18.9 Å². The van der Waals surface area contributed by atoms with Crippen LogP contribution in [0.15, 0.2) is 30.3 Å². The number of rotatable bonds is 10. The number of hydrogen-bond acceptors (Lipinski definition) is 3. The fraction of sp³-hybridized carbons (Fsp3) is 0.600. The smallest absolute Gasteiger partial charge is 0.374 e. The monoisotopic (exact) mass is 282 g/mol. The van der Waals surface area contributed by atoms with Crippen LogP contribution in [0.3, 0.4) is 0 Å². The Morgan fingerprint density at radius 2 is 1.53 bits per heavy atom. The summed E-state index contributed by atoms with van der Waals surface area (Å²) in [6.45, 7) is 8.10. The molecular weight excluding hydrogens is 256 g/mol. The summed E-state index contributed by atoms with van der Waals surface area (Å²) in [6.07, 6.45) is 1.93. The van der Waals surface area contributed by atoms with Gasteiger partial charge >= 0.3 is 8.80 Å². The fourth-order valence-corrected chi connectivity index (χ4v) is 4.65. The normalized spacial score (nSPS) is 11.7. The molecule has 0 aliphatic heterocycles. The average Bonchev–Trinajstić information content (AvgIpc) is 2.45. The van der Waals surface area contributed by atoms with Gasteiger partial charge in [-0.15, -0.1) is 0 Å². The van der Waals surface area contributed by atoms with E-state index in [4.69, 9.17) is 13.3 Å². The third-order valence-electron chi connectivity index (χ3n) is 2.82. The Hall–Kier alpha value is -0.683. The molecule has 0 amide bonds. The summed E-state index contributed by atoms with van der Waals surface area (Å²) in [5.41, 5.74) is 1.30. The molecule has 0 radical (unpaired) electrons. The summed E-state index contributed by atoms with van der Waals surface area (Å²) in [5.74, 6) is 0. The zero-order valence-electron chi connectivity index (χ0n) is 12.4. The highest BCUT2D eigenvalue weighted by Crippen LogP contribution is 2.19. The highest BCUT2D eigenvalue weighted by molar-refractivity contribution is 6.60. The predicted molar refractivity (Wildman–Crippen MR) is 80.2 cm³/mol. The maximum absolute atomic E-state index is 5.98. The number of hydrogen-bond donors (Lipinski definition) is 0. The first-order valence-electron chi connectivity index (χ1n) is 7.22. The fourth-order valence-electron chi connectivity index (χ4n) is 1.98. The lowest BCUT2D eigenvalue weighted by Gasteiger charge is -2.28. The molecule has 0 aliphatic carbocycles. The first-order valence-corrected chi connectivity index (χ1v) is 9.15. The third kappa shape index (κ3) is 5.87. The maximum Gasteiger partial charge on any atom is 0.501 e. The summed E-state index contributed by atoms with van der Waals surface area (Å²) in [7, 11) is -2.50. The minimum atomic E-state index is -2.50. The molecule has 0 unspecified atom stereocenters. The van der Waals surface area contributed by atoms with Crippen molar-refractivity contribution < 1.29 is 13.3 Å². The molecule has 0 aliphatic rings. The predicted octanol–water partition coefficient (Wildman–Crippen LogP) is 3.67. The van der Waals surface area contributed by atoms with Crippen LogP contribution in [0, 0.1) is 0 Å². The highest BCUT2D eigenvalue weighted by atomic mass is 28.4. The Kier molecular flexibility index (Phi) is 7.98. The van der Waals surface area contributed by atoms with Crippen molar-refractivity contribution in [3.8, 4) is 0 Å². The van der Waals surface area contributed by atoms with E-state index in [9.17, 15) is 0 Å². The van der Waals surface area contributed by atoms with Crippen molar-refractivity contribution in [1.29, 1.82) is 0 Å². The van der Waals surface area contributed by atoms with Gasteiger partial charge in [-0.2, -0.15) is 0 Å². The van der Waals surface area contributed by atoms with Gasteiger partial charge in [-0.25, -0.2) is 0 Å². The van der Waals surface area contributed by atoms with Crippen LogP contribution in [0.1, 0.15) is 32.8 Å². The van der Waals surface area contributed by atoms with Gasteiger partial charge in [0, 0.05) is 25.9 Å². The van der Waals surface area contributed by atoms with Crippen molar-refractivity contribution in [1.82, 2.24) is 0 Å². The van der Waals surface area contributed by atoms with E-state index >= 15 is 0 Å².